The minimum Gasteiger partial charge on any atom is -1.00 e. The molecule has 1 atom stereocenters. The maximum atomic E-state index is 11.8. The average Bonchev–Trinajstić information content (AvgIpc) is 2.68. The number of carbonyl (C=O) groups excluding carboxylic acids is 1. The predicted molar refractivity (Wildman–Crippen MR) is 63.3 cm³/mol. The van der Waals surface area contributed by atoms with E-state index in [1.807, 2.05) is 23.1 Å². The van der Waals surface area contributed by atoms with Gasteiger partial charge in [-0.3, -0.25) is 0 Å². The average molecular weight is 427 g/mol. The zero-order chi connectivity index (χ0) is 13.1. The Morgan fingerprint density at radius 3 is 2.63 bits per heavy atom. The van der Waals surface area contributed by atoms with Gasteiger partial charge in [0, 0.05) is 0 Å². The van der Waals surface area contributed by atoms with Gasteiger partial charge in [0.2, 0.25) is 0 Å². The van der Waals surface area contributed by atoms with Crippen LogP contribution in [0, 0.1) is 0 Å². The zero-order valence-corrected chi connectivity index (χ0v) is 16.3. The van der Waals surface area contributed by atoms with Crippen LogP contribution in [0.15, 0.2) is 18.2 Å². The van der Waals surface area contributed by atoms with Crippen molar-refractivity contribution in [2.75, 3.05) is 20.8 Å². The molecule has 0 spiro atoms. The van der Waals surface area contributed by atoms with Crippen LogP contribution in [0.5, 0.6) is 11.5 Å². The number of ether oxygens (including phenoxy) is 2. The Morgan fingerprint density at radius 1 is 1.37 bits per heavy atom. The summed E-state index contributed by atoms with van der Waals surface area (Å²) in [5.41, 5.74) is 1.03. The van der Waals surface area contributed by atoms with Crippen LogP contribution < -0.4 is 33.5 Å². The first-order valence-electron chi connectivity index (χ1n) is 5.95. The summed E-state index contributed by atoms with van der Waals surface area (Å²) < 4.78 is 11.1. The molecule has 1 fully saturated rings. The van der Waals surface area contributed by atoms with Crippen molar-refractivity contribution in [2.45, 2.75) is 17.5 Å². The van der Waals surface area contributed by atoms with Crippen molar-refractivity contribution in [3.05, 3.63) is 23.8 Å². The van der Waals surface area contributed by atoms with Crippen molar-refractivity contribution in [2.24, 2.45) is 0 Å². The number of likely N-dealkylation sites (tertiary alicyclic amines) is 1. The number of halogens is 1. The van der Waals surface area contributed by atoms with Crippen molar-refractivity contribution in [3.8, 4) is 11.5 Å². The minimum atomic E-state index is 0. The number of nitrogens with zero attached hydrogens (tertiary/aromatic N) is 1. The first-order valence-corrected chi connectivity index (χ1v) is 7.67. The van der Waals surface area contributed by atoms with Gasteiger partial charge >= 0.3 is 117 Å². The van der Waals surface area contributed by atoms with Crippen molar-refractivity contribution < 1.29 is 56.5 Å². The number of carbonyl (C=O) groups is 1. The molecular weight excluding hydrogens is 410 g/mol. The third kappa shape index (κ3) is 4.05. The van der Waals surface area contributed by atoms with E-state index in [1.165, 1.54) is 18.3 Å². The Labute approximate surface area is 140 Å². The zero-order valence-electron chi connectivity index (χ0n) is 11.2. The second kappa shape index (κ2) is 7.43. The van der Waals surface area contributed by atoms with Crippen molar-refractivity contribution in [1.29, 1.82) is 0 Å². The van der Waals surface area contributed by atoms with Crippen molar-refractivity contribution >= 4 is 5.91 Å². The first-order chi connectivity index (χ1) is 8.63. The van der Waals surface area contributed by atoms with E-state index in [0.29, 0.717) is 17.5 Å². The van der Waals surface area contributed by atoms with Gasteiger partial charge in [0.25, 0.3) is 0 Å². The van der Waals surface area contributed by atoms with E-state index in [0.717, 1.165) is 23.6 Å². The topological polar surface area (TPSA) is 38.8 Å². The molecule has 1 aliphatic rings. The molecule has 1 aromatic carbocycles. The molecule has 0 N–H and O–H groups in total. The monoisotopic (exact) mass is 425 g/mol. The number of amides is 1. The fraction of sp³-hybridized carbons (Fsp3) is 0.462. The largest absolute Gasteiger partial charge is 1.00 e. The van der Waals surface area contributed by atoms with Crippen LogP contribution in [-0.4, -0.2) is 31.6 Å². The molecule has 2 rings (SSSR count). The Balaban J connectivity index is 0.00000180. The quantitative estimate of drug-likeness (QED) is 0.447. The third-order valence-electron chi connectivity index (χ3n) is 3.15. The Morgan fingerprint density at radius 2 is 2.11 bits per heavy atom. The molecule has 19 heavy (non-hydrogen) atoms. The smallest absolute Gasteiger partial charge is 1.00 e. The van der Waals surface area contributed by atoms with Gasteiger partial charge in [-0.15, -0.1) is 0 Å². The number of methoxy groups -OCH3 is 2. The number of rotatable bonds is 4. The summed E-state index contributed by atoms with van der Waals surface area (Å²) in [7, 11) is 3.27. The Kier molecular flexibility index (Phi) is 6.53. The molecule has 0 bridgehead atoms. The summed E-state index contributed by atoms with van der Waals surface area (Å²) >= 11 is 1.18. The maximum absolute atomic E-state index is 11.8. The van der Waals surface area contributed by atoms with Gasteiger partial charge in [0.05, 0.1) is 0 Å². The molecule has 1 amide bonds. The van der Waals surface area contributed by atoms with E-state index in [9.17, 15) is 4.79 Å². The predicted octanol–water partition coefficient (Wildman–Crippen LogP) is -1.22. The van der Waals surface area contributed by atoms with Gasteiger partial charge in [0.15, 0.2) is 0 Å². The summed E-state index contributed by atoms with van der Waals surface area (Å²) in [4.78, 5) is 13.7. The first kappa shape index (κ1) is 16.7. The molecule has 1 unspecified atom stereocenters. The molecule has 4 nitrogen and oxygen atoms in total. The van der Waals surface area contributed by atoms with Gasteiger partial charge in [-0.2, -0.15) is 0 Å². The minimum absolute atomic E-state index is 0. The summed E-state index contributed by atoms with van der Waals surface area (Å²) in [6.45, 7) is 1.51. The van der Waals surface area contributed by atoms with Crippen molar-refractivity contribution in [3.63, 3.8) is 0 Å². The summed E-state index contributed by atoms with van der Waals surface area (Å²) in [6, 6.07) is 5.72. The van der Waals surface area contributed by atoms with E-state index in [2.05, 4.69) is 0 Å². The van der Waals surface area contributed by atoms with Gasteiger partial charge in [-0.05, 0) is 0 Å². The summed E-state index contributed by atoms with van der Waals surface area (Å²) in [6.07, 6.45) is 0.707. The van der Waals surface area contributed by atoms with Crippen LogP contribution >= 0.6 is 0 Å². The van der Waals surface area contributed by atoms with Crippen molar-refractivity contribution in [1.82, 2.24) is 4.90 Å². The van der Waals surface area contributed by atoms with E-state index in [1.54, 1.807) is 14.2 Å². The number of benzene rings is 1. The van der Waals surface area contributed by atoms with E-state index < -0.39 is 0 Å². The van der Waals surface area contributed by atoms with E-state index in [4.69, 9.17) is 9.47 Å². The maximum Gasteiger partial charge on any atom is -1.00 e. The second-order valence-electron chi connectivity index (χ2n) is 4.52. The third-order valence-corrected chi connectivity index (χ3v) is 4.30. The van der Waals surface area contributed by atoms with Gasteiger partial charge in [0.1, 0.15) is 0 Å². The van der Waals surface area contributed by atoms with Gasteiger partial charge in [-0.1, -0.05) is 0 Å². The molecular formula is C13H16INO3Zn. The van der Waals surface area contributed by atoms with Gasteiger partial charge < -0.3 is 24.0 Å². The van der Waals surface area contributed by atoms with Crippen LogP contribution in [0.4, 0.5) is 0 Å². The molecule has 1 saturated heterocycles. The molecule has 1 aliphatic heterocycles. The van der Waals surface area contributed by atoms with Crippen LogP contribution in [0.2, 0.25) is 4.51 Å². The fourth-order valence-corrected chi connectivity index (χ4v) is 3.37. The molecule has 0 aromatic heterocycles. The van der Waals surface area contributed by atoms with Crippen LogP contribution in [-0.2, 0) is 29.6 Å². The van der Waals surface area contributed by atoms with Crippen LogP contribution in [0.3, 0.4) is 0 Å². The normalized spacial score (nSPS) is 18.2. The molecule has 1 aromatic rings. The molecule has 100 valence electrons. The molecule has 0 saturated carbocycles. The SMILES string of the molecule is COc1ccc(CN2C[CH]([Zn+])CC2=O)c(OC)c1.[I-]. The standard InChI is InChI=1S/C13H16NO3.HI.Zn/c1-16-11-6-5-10(12(8-11)17-2)9-14-7-3-4-13(14)15;;/h3,5-6,8H,4,7,9H2,1-2H3;1H;/q;;+1/p-1. The van der Waals surface area contributed by atoms with Gasteiger partial charge in [-0.25, -0.2) is 0 Å². The van der Waals surface area contributed by atoms with Crippen LogP contribution in [0.1, 0.15) is 12.0 Å². The van der Waals surface area contributed by atoms with E-state index >= 15 is 0 Å². The number of hydrogen-bond donors (Lipinski definition) is 0. The molecule has 0 radical (unpaired) electrons. The fourth-order valence-electron chi connectivity index (χ4n) is 2.19. The second-order valence-corrected chi connectivity index (χ2v) is 6.94. The molecule has 1 heterocycles. The summed E-state index contributed by atoms with van der Waals surface area (Å²) in [5, 5.41) is 0. The number of hydrogen-bond acceptors (Lipinski definition) is 3. The Bertz CT molecular complexity index is 456. The van der Waals surface area contributed by atoms with Crippen LogP contribution in [0.25, 0.3) is 0 Å². The molecule has 0 aliphatic carbocycles. The van der Waals surface area contributed by atoms with E-state index in [-0.39, 0.29) is 29.9 Å². The Hall–Kier alpha value is -0.357. The molecule has 6 heteroatoms. The summed E-state index contributed by atoms with van der Waals surface area (Å²) in [5.74, 6) is 1.80.